The van der Waals surface area contributed by atoms with Gasteiger partial charge in [0.15, 0.2) is 0 Å². The van der Waals surface area contributed by atoms with E-state index in [4.69, 9.17) is 10.6 Å². The summed E-state index contributed by atoms with van der Waals surface area (Å²) in [4.78, 5) is 4.12. The van der Waals surface area contributed by atoms with E-state index in [9.17, 15) is 8.42 Å². The molecule has 3 N–H and O–H groups in total. The molecule has 8 heteroatoms. The average Bonchev–Trinajstić information content (AvgIpc) is 2.48. The van der Waals surface area contributed by atoms with Crippen molar-refractivity contribution in [2.24, 2.45) is 5.84 Å². The molecule has 1 aliphatic rings. The second-order valence-electron chi connectivity index (χ2n) is 4.58. The molecule has 0 unspecified atom stereocenters. The SMILES string of the molecule is CCOC1CCN(S(=O)(=O)c2ccc(NN)nc2)CC1. The standard InChI is InChI=1S/C12H20N4O3S/c1-2-19-10-5-7-16(8-6-10)20(17,18)11-3-4-12(15-13)14-9-11/h3-4,9-10H,2,5-8,13H2,1H3,(H,14,15). The van der Waals surface area contributed by atoms with E-state index in [1.807, 2.05) is 6.92 Å². The number of nitrogens with two attached hydrogens (primary N) is 1. The van der Waals surface area contributed by atoms with Gasteiger partial charge in [-0.25, -0.2) is 19.2 Å². The molecule has 1 aromatic heterocycles. The van der Waals surface area contributed by atoms with Gasteiger partial charge < -0.3 is 10.2 Å². The maximum absolute atomic E-state index is 12.4. The number of nitrogen functional groups attached to an aromatic ring is 1. The third kappa shape index (κ3) is 3.26. The summed E-state index contributed by atoms with van der Waals surface area (Å²) in [6.45, 7) is 3.56. The fourth-order valence-corrected chi connectivity index (χ4v) is 3.66. The Bertz CT molecular complexity index is 524. The third-order valence-electron chi connectivity index (χ3n) is 3.33. The highest BCUT2D eigenvalue weighted by molar-refractivity contribution is 7.89. The molecule has 7 nitrogen and oxygen atoms in total. The van der Waals surface area contributed by atoms with Crippen LogP contribution in [0.25, 0.3) is 0 Å². The Morgan fingerprint density at radius 1 is 1.45 bits per heavy atom. The summed E-state index contributed by atoms with van der Waals surface area (Å²) in [5.74, 6) is 5.64. The van der Waals surface area contributed by atoms with E-state index >= 15 is 0 Å². The van der Waals surface area contributed by atoms with E-state index in [0.29, 0.717) is 25.5 Å². The monoisotopic (exact) mass is 300 g/mol. The molecule has 2 heterocycles. The summed E-state index contributed by atoms with van der Waals surface area (Å²) in [5, 5.41) is 0. The molecule has 0 amide bonds. The summed E-state index contributed by atoms with van der Waals surface area (Å²) in [7, 11) is -3.48. The molecule has 0 radical (unpaired) electrons. The van der Waals surface area contributed by atoms with Crippen LogP contribution in [0.1, 0.15) is 19.8 Å². The maximum atomic E-state index is 12.4. The van der Waals surface area contributed by atoms with Gasteiger partial charge in [-0.2, -0.15) is 4.31 Å². The molecule has 1 aromatic rings. The second-order valence-corrected chi connectivity index (χ2v) is 6.52. The van der Waals surface area contributed by atoms with E-state index in [1.165, 1.54) is 16.6 Å². The van der Waals surface area contributed by atoms with Crippen LogP contribution in [0.3, 0.4) is 0 Å². The van der Waals surface area contributed by atoms with Crippen LogP contribution in [-0.2, 0) is 14.8 Å². The number of hydrogen-bond donors (Lipinski definition) is 2. The minimum atomic E-state index is -3.48. The van der Waals surface area contributed by atoms with E-state index in [-0.39, 0.29) is 11.0 Å². The minimum Gasteiger partial charge on any atom is -0.378 e. The van der Waals surface area contributed by atoms with Crippen molar-refractivity contribution in [2.45, 2.75) is 30.8 Å². The Morgan fingerprint density at radius 3 is 2.65 bits per heavy atom. The molecule has 0 aromatic carbocycles. The molecule has 0 atom stereocenters. The Morgan fingerprint density at radius 2 is 2.15 bits per heavy atom. The zero-order valence-electron chi connectivity index (χ0n) is 11.4. The first-order valence-electron chi connectivity index (χ1n) is 6.62. The van der Waals surface area contributed by atoms with Crippen LogP contribution in [0, 0.1) is 0 Å². The van der Waals surface area contributed by atoms with Crippen molar-refractivity contribution >= 4 is 15.8 Å². The lowest BCUT2D eigenvalue weighted by Crippen LogP contribution is -2.40. The first kappa shape index (κ1) is 15.2. The summed E-state index contributed by atoms with van der Waals surface area (Å²) in [5.41, 5.74) is 2.37. The van der Waals surface area contributed by atoms with Crippen molar-refractivity contribution in [1.82, 2.24) is 9.29 Å². The summed E-state index contributed by atoms with van der Waals surface area (Å²) >= 11 is 0. The molecule has 2 rings (SSSR count). The first-order chi connectivity index (χ1) is 9.57. The molecule has 0 saturated carbocycles. The Kier molecular flexibility index (Phi) is 4.92. The van der Waals surface area contributed by atoms with Gasteiger partial charge in [0.1, 0.15) is 10.7 Å². The summed E-state index contributed by atoms with van der Waals surface area (Å²) in [6, 6.07) is 3.05. The largest absolute Gasteiger partial charge is 0.378 e. The van der Waals surface area contributed by atoms with E-state index in [2.05, 4.69) is 10.4 Å². The van der Waals surface area contributed by atoms with Gasteiger partial charge in [-0.05, 0) is 31.9 Å². The average molecular weight is 300 g/mol. The molecule has 1 saturated heterocycles. The van der Waals surface area contributed by atoms with Crippen molar-refractivity contribution in [3.63, 3.8) is 0 Å². The highest BCUT2D eigenvalue weighted by Gasteiger charge is 2.29. The van der Waals surface area contributed by atoms with Crippen molar-refractivity contribution in [3.8, 4) is 0 Å². The van der Waals surface area contributed by atoms with Crippen LogP contribution in [0.2, 0.25) is 0 Å². The molecule has 0 aliphatic carbocycles. The number of hydrogen-bond acceptors (Lipinski definition) is 6. The fourth-order valence-electron chi connectivity index (χ4n) is 2.24. The quantitative estimate of drug-likeness (QED) is 0.609. The Labute approximate surface area is 119 Å². The highest BCUT2D eigenvalue weighted by atomic mass is 32.2. The lowest BCUT2D eigenvalue weighted by molar-refractivity contribution is 0.0290. The predicted molar refractivity (Wildman–Crippen MR) is 75.5 cm³/mol. The van der Waals surface area contributed by atoms with Gasteiger partial charge >= 0.3 is 0 Å². The molecular weight excluding hydrogens is 280 g/mol. The fraction of sp³-hybridized carbons (Fsp3) is 0.583. The summed E-state index contributed by atoms with van der Waals surface area (Å²) < 4.78 is 31.9. The van der Waals surface area contributed by atoms with Gasteiger partial charge in [0.05, 0.1) is 6.10 Å². The lowest BCUT2D eigenvalue weighted by Gasteiger charge is -2.30. The summed E-state index contributed by atoms with van der Waals surface area (Å²) in [6.07, 6.45) is 2.93. The van der Waals surface area contributed by atoms with Crippen molar-refractivity contribution in [3.05, 3.63) is 18.3 Å². The van der Waals surface area contributed by atoms with Crippen LogP contribution in [-0.4, -0.2) is 43.5 Å². The normalized spacial score (nSPS) is 18.1. The molecule has 20 heavy (non-hydrogen) atoms. The van der Waals surface area contributed by atoms with E-state index in [0.717, 1.165) is 12.8 Å². The number of piperidine rings is 1. The van der Waals surface area contributed by atoms with Crippen molar-refractivity contribution in [2.75, 3.05) is 25.1 Å². The molecule has 1 aliphatic heterocycles. The Hall–Kier alpha value is -1.22. The number of aromatic nitrogens is 1. The van der Waals surface area contributed by atoms with Crippen molar-refractivity contribution in [1.29, 1.82) is 0 Å². The first-order valence-corrected chi connectivity index (χ1v) is 8.06. The van der Waals surface area contributed by atoms with E-state index in [1.54, 1.807) is 6.07 Å². The van der Waals surface area contributed by atoms with E-state index < -0.39 is 10.0 Å². The van der Waals surface area contributed by atoms with Gasteiger partial charge in [-0.1, -0.05) is 0 Å². The topological polar surface area (TPSA) is 97.5 Å². The maximum Gasteiger partial charge on any atom is 0.244 e. The number of sulfonamides is 1. The molecule has 1 fully saturated rings. The number of hydrazine groups is 1. The molecule has 0 spiro atoms. The molecule has 0 bridgehead atoms. The zero-order valence-corrected chi connectivity index (χ0v) is 12.3. The highest BCUT2D eigenvalue weighted by Crippen LogP contribution is 2.22. The van der Waals surface area contributed by atoms with Crippen molar-refractivity contribution < 1.29 is 13.2 Å². The number of ether oxygens (including phenoxy) is 1. The van der Waals surface area contributed by atoms with Gasteiger partial charge in [-0.3, -0.25) is 0 Å². The smallest absolute Gasteiger partial charge is 0.244 e. The van der Waals surface area contributed by atoms with Crippen LogP contribution < -0.4 is 11.3 Å². The van der Waals surface area contributed by atoms with Crippen LogP contribution in [0.5, 0.6) is 0 Å². The number of nitrogens with zero attached hydrogens (tertiary/aromatic N) is 2. The minimum absolute atomic E-state index is 0.161. The molecular formula is C12H20N4O3S. The number of nitrogens with one attached hydrogen (secondary N) is 1. The third-order valence-corrected chi connectivity index (χ3v) is 5.21. The van der Waals surface area contributed by atoms with Crippen LogP contribution in [0.15, 0.2) is 23.2 Å². The number of rotatable bonds is 5. The Balaban J connectivity index is 2.07. The molecule has 112 valence electrons. The van der Waals surface area contributed by atoms with Crippen LogP contribution in [0.4, 0.5) is 5.82 Å². The van der Waals surface area contributed by atoms with Gasteiger partial charge in [0.2, 0.25) is 10.0 Å². The van der Waals surface area contributed by atoms with Gasteiger partial charge in [0.25, 0.3) is 0 Å². The van der Waals surface area contributed by atoms with Gasteiger partial charge in [-0.15, -0.1) is 0 Å². The van der Waals surface area contributed by atoms with Crippen LogP contribution >= 0.6 is 0 Å². The number of anilines is 1. The zero-order chi connectivity index (χ0) is 14.6. The number of pyridine rings is 1. The van der Waals surface area contributed by atoms with Gasteiger partial charge in [0, 0.05) is 25.9 Å². The predicted octanol–water partition coefficient (Wildman–Crippen LogP) is 0.557. The second kappa shape index (κ2) is 6.49. The lowest BCUT2D eigenvalue weighted by atomic mass is 10.1.